The van der Waals surface area contributed by atoms with Crippen LogP contribution in [-0.4, -0.2) is 53.4 Å². The summed E-state index contributed by atoms with van der Waals surface area (Å²) in [7, 11) is 0.676. The average molecular weight is 444 g/mol. The van der Waals surface area contributed by atoms with Crippen molar-refractivity contribution in [1.82, 2.24) is 9.73 Å². The first-order chi connectivity index (χ1) is 14.8. The molecule has 4 rings (SSSR count). The molecule has 1 N–H and O–H groups in total. The van der Waals surface area contributed by atoms with Crippen LogP contribution in [0.25, 0.3) is 0 Å². The van der Waals surface area contributed by atoms with Crippen LogP contribution in [-0.2, 0) is 29.3 Å². The summed E-state index contributed by atoms with van der Waals surface area (Å²) in [6, 6.07) is 12.9. The van der Waals surface area contributed by atoms with Crippen molar-refractivity contribution in [2.45, 2.75) is 38.0 Å². The lowest BCUT2D eigenvalue weighted by Crippen LogP contribution is -2.40. The van der Waals surface area contributed by atoms with Crippen LogP contribution in [0.15, 0.2) is 36.4 Å². The van der Waals surface area contributed by atoms with Crippen molar-refractivity contribution in [3.63, 3.8) is 0 Å². The summed E-state index contributed by atoms with van der Waals surface area (Å²) in [5, 5.41) is 1.75. The van der Waals surface area contributed by atoms with Crippen LogP contribution in [0.3, 0.4) is 0 Å². The highest BCUT2D eigenvalue weighted by atomic mass is 32.2. The molecular weight excluding hydrogens is 410 g/mol. The number of anilines is 1. The SMILES string of the molecule is COc1cccc2c1CCC[C@H]2CN(C)CCc1ccc2c(c1)N(NS(C)(=O)=O)CC2. The Kier molecular flexibility index (Phi) is 6.55. The van der Waals surface area contributed by atoms with Gasteiger partial charge in [0.1, 0.15) is 5.75 Å². The number of nitrogens with zero attached hydrogens (tertiary/aromatic N) is 2. The fraction of sp³-hybridized carbons (Fsp3) is 0.500. The Bertz CT molecular complexity index is 1040. The number of fused-ring (bicyclic) bond motifs is 2. The Morgan fingerprint density at radius 2 is 2.06 bits per heavy atom. The molecule has 0 fully saturated rings. The molecule has 1 aliphatic heterocycles. The smallest absolute Gasteiger partial charge is 0.225 e. The third-order valence-electron chi connectivity index (χ3n) is 6.44. The molecule has 7 heteroatoms. The van der Waals surface area contributed by atoms with E-state index in [-0.39, 0.29) is 0 Å². The number of ether oxygens (including phenoxy) is 1. The predicted molar refractivity (Wildman–Crippen MR) is 125 cm³/mol. The van der Waals surface area contributed by atoms with E-state index in [0.29, 0.717) is 12.5 Å². The lowest BCUT2D eigenvalue weighted by Gasteiger charge is -2.30. The van der Waals surface area contributed by atoms with E-state index in [1.165, 1.54) is 41.4 Å². The molecule has 2 aliphatic rings. The summed E-state index contributed by atoms with van der Waals surface area (Å²) in [5.74, 6) is 1.56. The summed E-state index contributed by atoms with van der Waals surface area (Å²) in [4.78, 5) is 5.04. The number of rotatable bonds is 8. The molecule has 0 saturated heterocycles. The molecule has 168 valence electrons. The first-order valence-corrected chi connectivity index (χ1v) is 12.9. The molecule has 0 aromatic heterocycles. The van der Waals surface area contributed by atoms with Gasteiger partial charge in [-0.15, -0.1) is 4.83 Å². The highest BCUT2D eigenvalue weighted by Gasteiger charge is 2.24. The number of hydrazine groups is 1. The third kappa shape index (κ3) is 5.22. The van der Waals surface area contributed by atoms with Crippen LogP contribution in [0.4, 0.5) is 5.69 Å². The van der Waals surface area contributed by atoms with Gasteiger partial charge in [-0.3, -0.25) is 5.01 Å². The highest BCUT2D eigenvalue weighted by Crippen LogP contribution is 2.37. The summed E-state index contributed by atoms with van der Waals surface area (Å²) in [5.41, 5.74) is 6.24. The van der Waals surface area contributed by atoms with Crippen molar-refractivity contribution in [2.75, 3.05) is 45.1 Å². The second kappa shape index (κ2) is 9.18. The summed E-state index contributed by atoms with van der Waals surface area (Å²) in [6.07, 6.45) is 6.53. The van der Waals surface area contributed by atoms with Crippen LogP contribution < -0.4 is 14.6 Å². The maximum absolute atomic E-state index is 11.6. The molecule has 1 heterocycles. The summed E-state index contributed by atoms with van der Waals surface area (Å²) >= 11 is 0. The fourth-order valence-corrected chi connectivity index (χ4v) is 5.55. The van der Waals surface area contributed by atoms with Gasteiger partial charge in [0.05, 0.1) is 19.1 Å². The molecular formula is C24H33N3O3S. The number of benzene rings is 2. The first kappa shape index (κ1) is 22.1. The Balaban J connectivity index is 1.38. The van der Waals surface area contributed by atoms with Gasteiger partial charge in [-0.25, -0.2) is 8.42 Å². The number of nitrogens with one attached hydrogen (secondary N) is 1. The maximum atomic E-state index is 11.6. The number of sulfonamides is 1. The minimum Gasteiger partial charge on any atom is -0.496 e. The van der Waals surface area contributed by atoms with Gasteiger partial charge in [0.2, 0.25) is 10.0 Å². The van der Waals surface area contributed by atoms with E-state index in [4.69, 9.17) is 4.74 Å². The van der Waals surface area contributed by atoms with Gasteiger partial charge in [0.15, 0.2) is 0 Å². The molecule has 2 aromatic rings. The molecule has 1 aliphatic carbocycles. The molecule has 0 spiro atoms. The van der Waals surface area contributed by atoms with Crippen LogP contribution >= 0.6 is 0 Å². The van der Waals surface area contributed by atoms with E-state index >= 15 is 0 Å². The topological polar surface area (TPSA) is 61.9 Å². The van der Waals surface area contributed by atoms with Gasteiger partial charge in [0, 0.05) is 19.6 Å². The molecule has 0 saturated carbocycles. The second-order valence-corrected chi connectivity index (χ2v) is 10.6. The standard InChI is InChI=1S/C24H33N3O3S/c1-26(17-20-6-4-8-22-21(20)7-5-9-24(22)30-2)14-12-18-10-11-19-13-15-27(23(19)16-18)25-31(3,28)29/h5,7,9-11,16,20,25H,4,6,8,12-15,17H2,1-3H3/t20-/m0/s1. The zero-order chi connectivity index (χ0) is 22.0. The quantitative estimate of drug-likeness (QED) is 0.679. The van der Waals surface area contributed by atoms with Crippen LogP contribution in [0.5, 0.6) is 5.75 Å². The van der Waals surface area contributed by atoms with Crippen LogP contribution in [0.2, 0.25) is 0 Å². The van der Waals surface area contributed by atoms with Gasteiger partial charge in [-0.2, -0.15) is 0 Å². The first-order valence-electron chi connectivity index (χ1n) is 11.0. The lowest BCUT2D eigenvalue weighted by atomic mass is 9.82. The largest absolute Gasteiger partial charge is 0.496 e. The average Bonchev–Trinajstić information content (AvgIpc) is 3.12. The van der Waals surface area contributed by atoms with E-state index in [1.54, 1.807) is 12.1 Å². The van der Waals surface area contributed by atoms with Gasteiger partial charge in [-0.05, 0) is 79.5 Å². The second-order valence-electron chi connectivity index (χ2n) is 8.86. The van der Waals surface area contributed by atoms with Crippen molar-refractivity contribution >= 4 is 15.7 Å². The van der Waals surface area contributed by atoms with Crippen molar-refractivity contribution in [3.05, 3.63) is 58.7 Å². The number of likely N-dealkylation sites (N-methyl/N-ethyl adjacent to an activating group) is 1. The zero-order valence-electron chi connectivity index (χ0n) is 18.7. The van der Waals surface area contributed by atoms with Crippen LogP contribution in [0.1, 0.15) is 41.0 Å². The highest BCUT2D eigenvalue weighted by molar-refractivity contribution is 7.88. The number of hydrogen-bond donors (Lipinski definition) is 1. The minimum atomic E-state index is -3.28. The predicted octanol–water partition coefficient (Wildman–Crippen LogP) is 3.12. The summed E-state index contributed by atoms with van der Waals surface area (Å²) in [6.45, 7) is 2.68. The number of hydrogen-bond acceptors (Lipinski definition) is 5. The molecule has 2 aromatic carbocycles. The normalized spacial score (nSPS) is 18.2. The lowest BCUT2D eigenvalue weighted by molar-refractivity contribution is 0.299. The minimum absolute atomic E-state index is 0.540. The molecule has 0 unspecified atom stereocenters. The fourth-order valence-electron chi connectivity index (χ4n) is 4.96. The van der Waals surface area contributed by atoms with Crippen molar-refractivity contribution in [2.24, 2.45) is 0 Å². The van der Waals surface area contributed by atoms with Crippen molar-refractivity contribution < 1.29 is 13.2 Å². The van der Waals surface area contributed by atoms with Gasteiger partial charge in [0.25, 0.3) is 0 Å². The maximum Gasteiger partial charge on any atom is 0.225 e. The molecule has 0 amide bonds. The third-order valence-corrected chi connectivity index (χ3v) is 7.00. The van der Waals surface area contributed by atoms with Gasteiger partial charge >= 0.3 is 0 Å². The summed E-state index contributed by atoms with van der Waals surface area (Å²) < 4.78 is 28.9. The van der Waals surface area contributed by atoms with Gasteiger partial charge in [-0.1, -0.05) is 24.3 Å². The molecule has 31 heavy (non-hydrogen) atoms. The Labute approximate surface area is 186 Å². The van der Waals surface area contributed by atoms with E-state index in [2.05, 4.69) is 53.2 Å². The van der Waals surface area contributed by atoms with Crippen molar-refractivity contribution in [3.8, 4) is 5.75 Å². The molecule has 6 nitrogen and oxygen atoms in total. The Morgan fingerprint density at radius 3 is 2.84 bits per heavy atom. The van der Waals surface area contributed by atoms with E-state index < -0.39 is 10.0 Å². The monoisotopic (exact) mass is 443 g/mol. The van der Waals surface area contributed by atoms with Crippen LogP contribution in [0, 0.1) is 0 Å². The zero-order valence-corrected chi connectivity index (χ0v) is 19.5. The molecule has 1 atom stereocenters. The number of methoxy groups -OCH3 is 1. The Morgan fingerprint density at radius 1 is 1.23 bits per heavy atom. The van der Waals surface area contributed by atoms with E-state index in [1.807, 2.05) is 0 Å². The Hall–Kier alpha value is -2.09. The molecule has 0 radical (unpaired) electrons. The van der Waals surface area contributed by atoms with Crippen molar-refractivity contribution in [1.29, 1.82) is 0 Å². The molecule has 0 bridgehead atoms. The van der Waals surface area contributed by atoms with E-state index in [9.17, 15) is 8.42 Å². The van der Waals surface area contributed by atoms with Gasteiger partial charge < -0.3 is 9.64 Å². The van der Waals surface area contributed by atoms with E-state index in [0.717, 1.165) is 43.8 Å².